The molecule has 0 radical (unpaired) electrons. The van der Waals surface area contributed by atoms with Gasteiger partial charge in [0.05, 0.1) is 5.52 Å². The molecule has 0 N–H and O–H groups in total. The Morgan fingerprint density at radius 1 is 1.00 bits per heavy atom. The summed E-state index contributed by atoms with van der Waals surface area (Å²) in [6.45, 7) is 0. The Balaban J connectivity index is 2.62. The predicted molar refractivity (Wildman–Crippen MR) is 51.7 cm³/mol. The van der Waals surface area contributed by atoms with Gasteiger partial charge in [0.2, 0.25) is 5.95 Å². The summed E-state index contributed by atoms with van der Waals surface area (Å²) in [5.74, 6) is 0.638. The molecule has 4 nitrogen and oxygen atoms in total. The average Bonchev–Trinajstić information content (AvgIpc) is 2.17. The number of para-hydroxylation sites is 1. The maximum absolute atomic E-state index is 4.33. The molecule has 0 aliphatic heterocycles. The van der Waals surface area contributed by atoms with Gasteiger partial charge in [0.1, 0.15) is 5.52 Å². The third-order valence-corrected chi connectivity index (χ3v) is 1.75. The molecule has 0 saturated carbocycles. The lowest BCUT2D eigenvalue weighted by Crippen LogP contribution is -2.13. The first-order valence-corrected chi connectivity index (χ1v) is 4.04. The van der Waals surface area contributed by atoms with E-state index in [-0.39, 0.29) is 0 Å². The predicted octanol–water partition coefficient (Wildman–Crippen LogP) is 1.09. The minimum Gasteiger partial charge on any atom is -0.346 e. The van der Waals surface area contributed by atoms with Gasteiger partial charge in [-0.15, -0.1) is 10.2 Å². The quantitative estimate of drug-likeness (QED) is 0.649. The van der Waals surface area contributed by atoms with Crippen LogP contribution in [0.4, 0.5) is 5.95 Å². The van der Waals surface area contributed by atoms with E-state index in [9.17, 15) is 0 Å². The number of anilines is 1. The van der Waals surface area contributed by atoms with E-state index in [0.717, 1.165) is 11.0 Å². The lowest BCUT2D eigenvalue weighted by molar-refractivity contribution is 0.940. The second-order valence-electron chi connectivity index (χ2n) is 2.99. The molecule has 0 aliphatic rings. The third-order valence-electron chi connectivity index (χ3n) is 1.75. The minimum atomic E-state index is 0.638. The number of rotatable bonds is 1. The number of fused-ring (bicyclic) bond motifs is 1. The van der Waals surface area contributed by atoms with Crippen LogP contribution in [0.25, 0.3) is 11.0 Å². The van der Waals surface area contributed by atoms with Crippen LogP contribution in [-0.2, 0) is 0 Å². The smallest absolute Gasteiger partial charge is 0.245 e. The summed E-state index contributed by atoms with van der Waals surface area (Å²) in [7, 11) is 3.79. The first kappa shape index (κ1) is 7.91. The first-order chi connectivity index (χ1) is 6.27. The Bertz CT molecular complexity index is 425. The fourth-order valence-electron chi connectivity index (χ4n) is 1.06. The Hall–Kier alpha value is -1.71. The molecule has 4 heteroatoms. The fourth-order valence-corrected chi connectivity index (χ4v) is 1.06. The summed E-state index contributed by atoms with van der Waals surface area (Å²) in [4.78, 5) is 6.16. The van der Waals surface area contributed by atoms with Gasteiger partial charge in [0.15, 0.2) is 0 Å². The molecule has 2 rings (SSSR count). The molecule has 0 spiro atoms. The topological polar surface area (TPSA) is 41.9 Å². The summed E-state index contributed by atoms with van der Waals surface area (Å²) in [6.07, 6.45) is 0. The second-order valence-corrected chi connectivity index (χ2v) is 2.99. The Morgan fingerprint density at radius 2 is 1.69 bits per heavy atom. The Morgan fingerprint density at radius 3 is 2.38 bits per heavy atom. The van der Waals surface area contributed by atoms with Crippen molar-refractivity contribution in [2.75, 3.05) is 19.0 Å². The summed E-state index contributed by atoms with van der Waals surface area (Å²) in [6, 6.07) is 7.69. The molecule has 0 aliphatic carbocycles. The van der Waals surface area contributed by atoms with Gasteiger partial charge in [-0.05, 0) is 12.1 Å². The zero-order valence-corrected chi connectivity index (χ0v) is 7.60. The van der Waals surface area contributed by atoms with Crippen molar-refractivity contribution in [3.8, 4) is 0 Å². The van der Waals surface area contributed by atoms with E-state index >= 15 is 0 Å². The van der Waals surface area contributed by atoms with Crippen LogP contribution in [0.15, 0.2) is 24.3 Å². The number of aromatic nitrogens is 3. The van der Waals surface area contributed by atoms with E-state index in [2.05, 4.69) is 15.2 Å². The van der Waals surface area contributed by atoms with Gasteiger partial charge in [0, 0.05) is 14.1 Å². The fraction of sp³-hybridized carbons (Fsp3) is 0.222. The zero-order chi connectivity index (χ0) is 9.26. The molecule has 0 amide bonds. The Kier molecular flexibility index (Phi) is 1.81. The van der Waals surface area contributed by atoms with Crippen molar-refractivity contribution in [1.29, 1.82) is 0 Å². The van der Waals surface area contributed by atoms with Gasteiger partial charge in [-0.3, -0.25) is 0 Å². The molecular weight excluding hydrogens is 164 g/mol. The van der Waals surface area contributed by atoms with E-state index in [1.165, 1.54) is 0 Å². The van der Waals surface area contributed by atoms with E-state index in [4.69, 9.17) is 0 Å². The maximum atomic E-state index is 4.33. The highest BCUT2D eigenvalue weighted by molar-refractivity contribution is 5.74. The number of benzene rings is 1. The zero-order valence-electron chi connectivity index (χ0n) is 7.60. The largest absolute Gasteiger partial charge is 0.346 e. The van der Waals surface area contributed by atoms with Gasteiger partial charge < -0.3 is 4.90 Å². The van der Waals surface area contributed by atoms with Gasteiger partial charge >= 0.3 is 0 Å². The number of nitrogens with zero attached hydrogens (tertiary/aromatic N) is 4. The molecule has 1 aromatic carbocycles. The standard InChI is InChI=1S/C9H10N4/c1-13(2)9-10-7-5-3-4-6-8(7)11-12-9/h3-6H,1-2H3. The molecule has 0 unspecified atom stereocenters. The average molecular weight is 174 g/mol. The molecule has 0 saturated heterocycles. The van der Waals surface area contributed by atoms with Crippen LogP contribution < -0.4 is 4.90 Å². The van der Waals surface area contributed by atoms with Crippen molar-refractivity contribution < 1.29 is 0 Å². The van der Waals surface area contributed by atoms with Gasteiger partial charge in [-0.25, -0.2) is 4.98 Å². The molecule has 0 fully saturated rings. The highest BCUT2D eigenvalue weighted by Gasteiger charge is 2.01. The number of hydrogen-bond acceptors (Lipinski definition) is 4. The minimum absolute atomic E-state index is 0.638. The van der Waals surface area contributed by atoms with Crippen LogP contribution in [0, 0.1) is 0 Å². The van der Waals surface area contributed by atoms with Crippen molar-refractivity contribution in [2.24, 2.45) is 0 Å². The molecule has 1 aromatic heterocycles. The van der Waals surface area contributed by atoms with Crippen molar-refractivity contribution in [2.45, 2.75) is 0 Å². The Labute approximate surface area is 76.2 Å². The molecule has 13 heavy (non-hydrogen) atoms. The summed E-state index contributed by atoms with van der Waals surface area (Å²) < 4.78 is 0. The van der Waals surface area contributed by atoms with Crippen LogP contribution in [0.5, 0.6) is 0 Å². The molecular formula is C9H10N4. The van der Waals surface area contributed by atoms with Crippen molar-refractivity contribution in [3.05, 3.63) is 24.3 Å². The second kappa shape index (κ2) is 2.97. The SMILES string of the molecule is CN(C)c1nnc2ccccc2n1. The number of hydrogen-bond donors (Lipinski definition) is 0. The van der Waals surface area contributed by atoms with Crippen molar-refractivity contribution in [3.63, 3.8) is 0 Å². The molecule has 66 valence electrons. The summed E-state index contributed by atoms with van der Waals surface area (Å²) in [5, 5.41) is 8.02. The van der Waals surface area contributed by atoms with Crippen LogP contribution in [0.3, 0.4) is 0 Å². The summed E-state index contributed by atoms with van der Waals surface area (Å²) >= 11 is 0. The highest BCUT2D eigenvalue weighted by Crippen LogP contribution is 2.09. The maximum Gasteiger partial charge on any atom is 0.245 e. The first-order valence-electron chi connectivity index (χ1n) is 4.04. The molecule has 1 heterocycles. The third kappa shape index (κ3) is 1.42. The molecule has 0 atom stereocenters. The van der Waals surface area contributed by atoms with E-state index in [0.29, 0.717) is 5.95 Å². The van der Waals surface area contributed by atoms with Crippen molar-refractivity contribution >= 4 is 17.0 Å². The van der Waals surface area contributed by atoms with E-state index in [1.54, 1.807) is 0 Å². The van der Waals surface area contributed by atoms with Gasteiger partial charge in [-0.1, -0.05) is 12.1 Å². The normalized spacial score (nSPS) is 10.3. The molecule has 2 aromatic rings. The summed E-state index contributed by atoms with van der Waals surface area (Å²) in [5.41, 5.74) is 1.70. The monoisotopic (exact) mass is 174 g/mol. The van der Waals surface area contributed by atoms with E-state index in [1.807, 2.05) is 43.3 Å². The van der Waals surface area contributed by atoms with Crippen LogP contribution in [-0.4, -0.2) is 29.3 Å². The van der Waals surface area contributed by atoms with Gasteiger partial charge in [-0.2, -0.15) is 0 Å². The van der Waals surface area contributed by atoms with Crippen molar-refractivity contribution in [1.82, 2.24) is 15.2 Å². The lowest BCUT2D eigenvalue weighted by Gasteiger charge is -2.08. The van der Waals surface area contributed by atoms with Crippen LogP contribution >= 0.6 is 0 Å². The highest BCUT2D eigenvalue weighted by atomic mass is 15.3. The van der Waals surface area contributed by atoms with Crippen LogP contribution in [0.2, 0.25) is 0 Å². The van der Waals surface area contributed by atoms with E-state index < -0.39 is 0 Å². The van der Waals surface area contributed by atoms with Crippen LogP contribution in [0.1, 0.15) is 0 Å². The lowest BCUT2D eigenvalue weighted by atomic mass is 10.3. The molecule has 0 bridgehead atoms. The van der Waals surface area contributed by atoms with Gasteiger partial charge in [0.25, 0.3) is 0 Å².